The fourth-order valence-corrected chi connectivity index (χ4v) is 1.90. The van der Waals surface area contributed by atoms with Crippen LogP contribution in [0.3, 0.4) is 0 Å². The molecule has 1 rings (SSSR count). The van der Waals surface area contributed by atoms with Crippen molar-refractivity contribution in [2.75, 3.05) is 0 Å². The van der Waals surface area contributed by atoms with Crippen molar-refractivity contribution in [3.8, 4) is 0 Å². The molecule has 13 heteroatoms. The molecule has 1 nitrogen and oxygen atoms in total. The number of aldehydes is 1. The molecule has 1 aromatic rings. The molecular weight excluding hydrogens is 424 g/mol. The Morgan fingerprint density at radius 2 is 1.21 bits per heavy atom. The van der Waals surface area contributed by atoms with E-state index in [1.54, 1.807) is 0 Å². The summed E-state index contributed by atoms with van der Waals surface area (Å²) < 4.78 is 156. The second kappa shape index (κ2) is 7.32. The topological polar surface area (TPSA) is 17.1 Å². The average Bonchev–Trinajstić information content (AvgIpc) is 2.58. The lowest BCUT2D eigenvalue weighted by molar-refractivity contribution is -0.419. The van der Waals surface area contributed by atoms with Crippen LogP contribution >= 0.6 is 0 Å². The third-order valence-electron chi connectivity index (χ3n) is 3.48. The van der Waals surface area contributed by atoms with Crippen molar-refractivity contribution < 1.29 is 57.5 Å². The second-order valence-electron chi connectivity index (χ2n) is 5.41. The quantitative estimate of drug-likeness (QED) is 0.305. The first-order valence-corrected chi connectivity index (χ1v) is 6.91. The Kier molecular flexibility index (Phi) is 6.23. The maximum absolute atomic E-state index is 13.8. The van der Waals surface area contributed by atoms with Crippen LogP contribution < -0.4 is 0 Å². The van der Waals surface area contributed by atoms with Crippen molar-refractivity contribution in [3.05, 3.63) is 47.3 Å². The van der Waals surface area contributed by atoms with E-state index >= 15 is 0 Å². The highest BCUT2D eigenvalue weighted by Crippen LogP contribution is 2.59. The zero-order chi connectivity index (χ0) is 22.2. The van der Waals surface area contributed by atoms with Gasteiger partial charge in [-0.05, 0) is 5.56 Å². The second-order valence-corrected chi connectivity index (χ2v) is 5.41. The van der Waals surface area contributed by atoms with Crippen LogP contribution in [-0.4, -0.2) is 36.2 Å². The van der Waals surface area contributed by atoms with E-state index < -0.39 is 54.0 Å². The van der Waals surface area contributed by atoms with Crippen molar-refractivity contribution in [3.63, 3.8) is 0 Å². The largest absolute Gasteiger partial charge is 0.460 e. The van der Waals surface area contributed by atoms with Gasteiger partial charge in [0.15, 0.2) is 5.83 Å². The predicted molar refractivity (Wildman–Crippen MR) is 70.2 cm³/mol. The number of carbonyl (C=O) groups excluding carboxylic acids is 1. The maximum Gasteiger partial charge on any atom is 0.460 e. The monoisotopic (exact) mass is 432 g/mol. The summed E-state index contributed by atoms with van der Waals surface area (Å²) in [6, 6.07) is 6.01. The molecular formula is C15H8F12O. The average molecular weight is 432 g/mol. The maximum atomic E-state index is 13.8. The summed E-state index contributed by atoms with van der Waals surface area (Å²) in [4.78, 5) is 10.7. The van der Waals surface area contributed by atoms with Crippen LogP contribution in [0.25, 0.3) is 0 Å². The number of alkyl halides is 11. The zero-order valence-electron chi connectivity index (χ0n) is 13.1. The predicted octanol–water partition coefficient (Wildman–Crippen LogP) is 5.76. The van der Waals surface area contributed by atoms with Gasteiger partial charge in [0.25, 0.3) is 0 Å². The Balaban J connectivity index is 3.50. The number of rotatable bonds is 7. The molecule has 0 unspecified atom stereocenters. The van der Waals surface area contributed by atoms with Crippen molar-refractivity contribution in [1.29, 1.82) is 0 Å². The fraction of sp³-hybridized carbons (Fsp3) is 0.400. The van der Waals surface area contributed by atoms with E-state index in [4.69, 9.17) is 0 Å². The first kappa shape index (κ1) is 23.8. The standard InChI is InChI=1S/C15H8F12O/c16-10(9(7-28)6-8-4-2-1-3-5-8)11(17,18)12(19,20)13(21,22)14(23,24)15(25,26)27/h1-5,7H,6H2/b10-9+. The molecule has 0 radical (unpaired) electrons. The molecule has 0 amide bonds. The van der Waals surface area contributed by atoms with Crippen molar-refractivity contribution in [2.24, 2.45) is 0 Å². The van der Waals surface area contributed by atoms with Gasteiger partial charge in [0.05, 0.1) is 0 Å². The Labute approximate surface area is 148 Å². The van der Waals surface area contributed by atoms with E-state index in [2.05, 4.69) is 0 Å². The highest BCUT2D eigenvalue weighted by Gasteiger charge is 2.88. The van der Waals surface area contributed by atoms with Crippen LogP contribution in [0.2, 0.25) is 0 Å². The Bertz CT molecular complexity index is 733. The molecule has 0 atom stereocenters. The van der Waals surface area contributed by atoms with Crippen LogP contribution in [0.4, 0.5) is 52.7 Å². The van der Waals surface area contributed by atoms with Crippen molar-refractivity contribution in [2.45, 2.75) is 36.3 Å². The fourth-order valence-electron chi connectivity index (χ4n) is 1.90. The molecule has 158 valence electrons. The normalized spacial score (nSPS) is 15.3. The lowest BCUT2D eigenvalue weighted by atomic mass is 9.94. The molecule has 0 aliphatic rings. The summed E-state index contributed by atoms with van der Waals surface area (Å²) in [6.07, 6.45) is -9.27. The van der Waals surface area contributed by atoms with Crippen molar-refractivity contribution >= 4 is 6.29 Å². The minimum Gasteiger partial charge on any atom is -0.298 e. The van der Waals surface area contributed by atoms with E-state index in [1.807, 2.05) is 0 Å². The van der Waals surface area contributed by atoms with Gasteiger partial charge >= 0.3 is 29.9 Å². The number of allylic oxidation sites excluding steroid dienone is 2. The number of halogens is 12. The first-order valence-electron chi connectivity index (χ1n) is 6.91. The van der Waals surface area contributed by atoms with Crippen molar-refractivity contribution in [1.82, 2.24) is 0 Å². The first-order chi connectivity index (χ1) is 12.4. The Morgan fingerprint density at radius 3 is 1.61 bits per heavy atom. The SMILES string of the molecule is O=C/C(Cc1ccccc1)=C(/F)C(F)(F)C(F)(F)C(F)(F)C(F)(F)C(F)(F)F. The molecule has 0 saturated carbocycles. The summed E-state index contributed by atoms with van der Waals surface area (Å²) in [7, 11) is 0. The van der Waals surface area contributed by atoms with Crippen LogP contribution in [0.15, 0.2) is 41.7 Å². The van der Waals surface area contributed by atoms with E-state index in [9.17, 15) is 57.5 Å². The van der Waals surface area contributed by atoms with E-state index in [0.717, 1.165) is 12.1 Å². The van der Waals surface area contributed by atoms with Crippen LogP contribution in [0, 0.1) is 0 Å². The van der Waals surface area contributed by atoms with Gasteiger partial charge in [0, 0.05) is 12.0 Å². The third kappa shape index (κ3) is 3.70. The Morgan fingerprint density at radius 1 is 0.750 bits per heavy atom. The van der Waals surface area contributed by atoms with Crippen LogP contribution in [0.1, 0.15) is 5.56 Å². The smallest absolute Gasteiger partial charge is 0.298 e. The lowest BCUT2D eigenvalue weighted by Gasteiger charge is -2.36. The highest BCUT2D eigenvalue weighted by atomic mass is 19.4. The molecule has 0 fully saturated rings. The van der Waals surface area contributed by atoms with Gasteiger partial charge in [-0.2, -0.15) is 48.3 Å². The van der Waals surface area contributed by atoms with E-state index in [0.29, 0.717) is 0 Å². The number of hydrogen-bond acceptors (Lipinski definition) is 1. The van der Waals surface area contributed by atoms with Gasteiger partial charge in [-0.3, -0.25) is 4.79 Å². The molecule has 0 spiro atoms. The van der Waals surface area contributed by atoms with Gasteiger partial charge in [-0.15, -0.1) is 0 Å². The molecule has 0 aromatic heterocycles. The molecule has 0 saturated heterocycles. The summed E-state index contributed by atoms with van der Waals surface area (Å²) in [5.41, 5.74) is -1.99. The van der Waals surface area contributed by atoms with Gasteiger partial charge in [0.2, 0.25) is 0 Å². The van der Waals surface area contributed by atoms with Gasteiger partial charge in [-0.1, -0.05) is 30.3 Å². The van der Waals surface area contributed by atoms with Crippen LogP contribution in [0.5, 0.6) is 0 Å². The summed E-state index contributed by atoms with van der Waals surface area (Å²) in [5.74, 6) is -33.4. The van der Waals surface area contributed by atoms with Gasteiger partial charge in [0.1, 0.15) is 6.29 Å². The van der Waals surface area contributed by atoms with E-state index in [-0.39, 0.29) is 5.56 Å². The molecule has 0 aliphatic heterocycles. The Hall–Kier alpha value is -2.21. The van der Waals surface area contributed by atoms with Crippen LogP contribution in [-0.2, 0) is 11.2 Å². The molecule has 0 N–H and O–H groups in total. The molecule has 0 heterocycles. The van der Waals surface area contributed by atoms with E-state index in [1.165, 1.54) is 18.2 Å². The number of benzene rings is 1. The van der Waals surface area contributed by atoms with Gasteiger partial charge in [-0.25, -0.2) is 4.39 Å². The molecule has 28 heavy (non-hydrogen) atoms. The summed E-state index contributed by atoms with van der Waals surface area (Å²) in [5, 5.41) is 0. The minimum absolute atomic E-state index is 0.147. The molecule has 0 bridgehead atoms. The minimum atomic E-state index is -7.75. The van der Waals surface area contributed by atoms with Gasteiger partial charge < -0.3 is 0 Å². The number of carbonyl (C=O) groups is 1. The molecule has 0 aliphatic carbocycles. The zero-order valence-corrected chi connectivity index (χ0v) is 13.1. The summed E-state index contributed by atoms with van der Waals surface area (Å²) in [6.45, 7) is 0. The molecule has 1 aromatic carbocycles. The lowest BCUT2D eigenvalue weighted by Crippen LogP contribution is -2.66. The summed E-state index contributed by atoms with van der Waals surface area (Å²) >= 11 is 0. The third-order valence-corrected chi connectivity index (χ3v) is 3.48. The highest BCUT2D eigenvalue weighted by molar-refractivity contribution is 5.75. The number of hydrogen-bond donors (Lipinski definition) is 0.